The molecule has 0 fully saturated rings. The Hall–Kier alpha value is -1.42. The summed E-state index contributed by atoms with van der Waals surface area (Å²) in [6.07, 6.45) is 1.83. The quantitative estimate of drug-likeness (QED) is 0.765. The van der Waals surface area contributed by atoms with Gasteiger partial charge in [0.05, 0.1) is 10.6 Å². The SMILES string of the molecule is NCc1ccc(-c2cc3cc(Cl)ccc3s2)nc1. The van der Waals surface area contributed by atoms with Gasteiger partial charge in [-0.25, -0.2) is 0 Å². The third kappa shape index (κ3) is 2.12. The molecule has 0 spiro atoms. The monoisotopic (exact) mass is 274 g/mol. The Labute approximate surface area is 114 Å². The second kappa shape index (κ2) is 4.69. The minimum atomic E-state index is 0.523. The van der Waals surface area contributed by atoms with Crippen LogP contribution in [0, 0.1) is 0 Å². The minimum Gasteiger partial charge on any atom is -0.326 e. The molecule has 1 aromatic carbocycles. The Morgan fingerprint density at radius 3 is 2.78 bits per heavy atom. The molecule has 90 valence electrons. The first-order chi connectivity index (χ1) is 8.76. The van der Waals surface area contributed by atoms with Gasteiger partial charge in [-0.3, -0.25) is 4.98 Å². The first-order valence-corrected chi connectivity index (χ1v) is 6.80. The highest BCUT2D eigenvalue weighted by molar-refractivity contribution is 7.22. The molecule has 0 saturated heterocycles. The molecule has 0 radical (unpaired) electrons. The molecule has 2 nitrogen and oxygen atoms in total. The van der Waals surface area contributed by atoms with Crippen LogP contribution in [0.25, 0.3) is 20.7 Å². The Kier molecular flexibility index (Phi) is 3.04. The van der Waals surface area contributed by atoms with Gasteiger partial charge in [-0.2, -0.15) is 0 Å². The van der Waals surface area contributed by atoms with Crippen LogP contribution in [0.5, 0.6) is 0 Å². The summed E-state index contributed by atoms with van der Waals surface area (Å²) in [6.45, 7) is 0.523. The van der Waals surface area contributed by atoms with Crippen LogP contribution in [0.1, 0.15) is 5.56 Å². The van der Waals surface area contributed by atoms with E-state index in [9.17, 15) is 0 Å². The zero-order chi connectivity index (χ0) is 12.5. The van der Waals surface area contributed by atoms with Gasteiger partial charge in [0.25, 0.3) is 0 Å². The molecule has 3 rings (SSSR count). The molecular weight excluding hydrogens is 264 g/mol. The van der Waals surface area contributed by atoms with E-state index in [0.29, 0.717) is 6.54 Å². The van der Waals surface area contributed by atoms with Gasteiger partial charge in [-0.1, -0.05) is 17.7 Å². The van der Waals surface area contributed by atoms with Crippen molar-refractivity contribution in [3.8, 4) is 10.6 Å². The molecule has 18 heavy (non-hydrogen) atoms. The van der Waals surface area contributed by atoms with Gasteiger partial charge in [0.15, 0.2) is 0 Å². The lowest BCUT2D eigenvalue weighted by molar-refractivity contribution is 1.05. The van der Waals surface area contributed by atoms with Gasteiger partial charge in [-0.05, 0) is 41.3 Å². The van der Waals surface area contributed by atoms with Gasteiger partial charge in [0.1, 0.15) is 0 Å². The molecule has 0 aliphatic carbocycles. The van der Waals surface area contributed by atoms with Crippen molar-refractivity contribution < 1.29 is 0 Å². The summed E-state index contributed by atoms with van der Waals surface area (Å²) < 4.78 is 1.22. The summed E-state index contributed by atoms with van der Waals surface area (Å²) in [7, 11) is 0. The lowest BCUT2D eigenvalue weighted by atomic mass is 10.2. The predicted molar refractivity (Wildman–Crippen MR) is 78.0 cm³/mol. The summed E-state index contributed by atoms with van der Waals surface area (Å²) in [5, 5.41) is 1.92. The molecule has 0 amide bonds. The first-order valence-electron chi connectivity index (χ1n) is 5.61. The van der Waals surface area contributed by atoms with Crippen molar-refractivity contribution in [2.75, 3.05) is 0 Å². The van der Waals surface area contributed by atoms with E-state index < -0.39 is 0 Å². The number of benzene rings is 1. The first kappa shape index (κ1) is 11.7. The number of hydrogen-bond donors (Lipinski definition) is 1. The third-order valence-electron chi connectivity index (χ3n) is 2.79. The van der Waals surface area contributed by atoms with Gasteiger partial charge in [0, 0.05) is 22.5 Å². The second-order valence-electron chi connectivity index (χ2n) is 4.05. The summed E-state index contributed by atoms with van der Waals surface area (Å²) in [6, 6.07) is 12.1. The molecule has 2 aromatic heterocycles. The van der Waals surface area contributed by atoms with Crippen LogP contribution in [0.2, 0.25) is 5.02 Å². The van der Waals surface area contributed by atoms with Gasteiger partial charge >= 0.3 is 0 Å². The molecule has 2 heterocycles. The zero-order valence-electron chi connectivity index (χ0n) is 9.56. The average molecular weight is 275 g/mol. The smallest absolute Gasteiger partial charge is 0.0802 e. The van der Waals surface area contributed by atoms with E-state index >= 15 is 0 Å². The third-order valence-corrected chi connectivity index (χ3v) is 4.16. The van der Waals surface area contributed by atoms with Crippen LogP contribution in [0.4, 0.5) is 0 Å². The predicted octanol–water partition coefficient (Wildman–Crippen LogP) is 4.08. The minimum absolute atomic E-state index is 0.523. The van der Waals surface area contributed by atoms with E-state index in [2.05, 4.69) is 11.1 Å². The van der Waals surface area contributed by atoms with E-state index in [1.165, 1.54) is 4.70 Å². The van der Waals surface area contributed by atoms with Crippen molar-refractivity contribution in [3.05, 3.63) is 53.2 Å². The number of halogens is 1. The average Bonchev–Trinajstić information content (AvgIpc) is 2.81. The number of thiophene rings is 1. The van der Waals surface area contributed by atoms with Crippen molar-refractivity contribution >= 4 is 33.0 Å². The summed E-state index contributed by atoms with van der Waals surface area (Å²) in [5.41, 5.74) is 7.59. The van der Waals surface area contributed by atoms with E-state index in [4.69, 9.17) is 17.3 Å². The van der Waals surface area contributed by atoms with Crippen LogP contribution in [-0.4, -0.2) is 4.98 Å². The van der Waals surface area contributed by atoms with E-state index in [1.807, 2.05) is 36.5 Å². The van der Waals surface area contributed by atoms with Crippen LogP contribution in [0.15, 0.2) is 42.6 Å². The molecule has 0 bridgehead atoms. The van der Waals surface area contributed by atoms with Crippen LogP contribution in [-0.2, 0) is 6.54 Å². The van der Waals surface area contributed by atoms with Crippen molar-refractivity contribution in [1.82, 2.24) is 4.98 Å². The second-order valence-corrected chi connectivity index (χ2v) is 5.57. The summed E-state index contributed by atoms with van der Waals surface area (Å²) in [4.78, 5) is 5.58. The number of rotatable bonds is 2. The number of pyridine rings is 1. The van der Waals surface area contributed by atoms with Crippen molar-refractivity contribution in [2.45, 2.75) is 6.54 Å². The van der Waals surface area contributed by atoms with Gasteiger partial charge in [-0.15, -0.1) is 11.3 Å². The Bertz CT molecular complexity index is 689. The summed E-state index contributed by atoms with van der Waals surface area (Å²) in [5.74, 6) is 0. The molecule has 4 heteroatoms. The molecule has 0 atom stereocenters. The van der Waals surface area contributed by atoms with Crippen LogP contribution in [0.3, 0.4) is 0 Å². The number of aromatic nitrogens is 1. The lowest BCUT2D eigenvalue weighted by Gasteiger charge is -1.98. The molecule has 3 aromatic rings. The maximum Gasteiger partial charge on any atom is 0.0802 e. The number of hydrogen-bond acceptors (Lipinski definition) is 3. The number of nitrogens with zero attached hydrogens (tertiary/aromatic N) is 1. The molecule has 0 unspecified atom stereocenters. The van der Waals surface area contributed by atoms with E-state index in [1.54, 1.807) is 11.3 Å². The van der Waals surface area contributed by atoms with E-state index in [-0.39, 0.29) is 0 Å². The largest absolute Gasteiger partial charge is 0.326 e. The topological polar surface area (TPSA) is 38.9 Å². The Balaban J connectivity index is 2.07. The summed E-state index contributed by atoms with van der Waals surface area (Å²) >= 11 is 7.71. The molecule has 0 aliphatic heterocycles. The maximum atomic E-state index is 5.99. The normalized spacial score (nSPS) is 11.0. The lowest BCUT2D eigenvalue weighted by Crippen LogP contribution is -1.96. The maximum absolute atomic E-state index is 5.99. The van der Waals surface area contributed by atoms with Gasteiger partial charge in [0.2, 0.25) is 0 Å². The number of fused-ring (bicyclic) bond motifs is 1. The standard InChI is InChI=1S/C14H11ClN2S/c15-11-2-4-13-10(5-11)6-14(18-13)12-3-1-9(7-16)8-17-12/h1-6,8H,7,16H2. The molecule has 0 saturated carbocycles. The van der Waals surface area contributed by atoms with E-state index in [0.717, 1.165) is 26.5 Å². The Morgan fingerprint density at radius 2 is 2.06 bits per heavy atom. The van der Waals surface area contributed by atoms with Crippen molar-refractivity contribution in [1.29, 1.82) is 0 Å². The Morgan fingerprint density at radius 1 is 1.17 bits per heavy atom. The zero-order valence-corrected chi connectivity index (χ0v) is 11.1. The highest BCUT2D eigenvalue weighted by Crippen LogP contribution is 2.33. The fourth-order valence-electron chi connectivity index (χ4n) is 1.83. The number of nitrogens with two attached hydrogens (primary N) is 1. The fourth-order valence-corrected chi connectivity index (χ4v) is 3.03. The van der Waals surface area contributed by atoms with Crippen molar-refractivity contribution in [2.24, 2.45) is 5.73 Å². The molecular formula is C14H11ClN2S. The van der Waals surface area contributed by atoms with Crippen molar-refractivity contribution in [3.63, 3.8) is 0 Å². The highest BCUT2D eigenvalue weighted by atomic mass is 35.5. The molecule has 2 N–H and O–H groups in total. The molecule has 0 aliphatic rings. The van der Waals surface area contributed by atoms with Crippen LogP contribution >= 0.6 is 22.9 Å². The highest BCUT2D eigenvalue weighted by Gasteiger charge is 2.05. The van der Waals surface area contributed by atoms with Gasteiger partial charge < -0.3 is 5.73 Å². The van der Waals surface area contributed by atoms with Crippen LogP contribution < -0.4 is 5.73 Å². The fraction of sp³-hybridized carbons (Fsp3) is 0.0714.